The lowest BCUT2D eigenvalue weighted by atomic mass is 9.97. The molecule has 0 spiro atoms. The van der Waals surface area contributed by atoms with Crippen LogP contribution in [0, 0.1) is 0 Å². The lowest BCUT2D eigenvalue weighted by Gasteiger charge is -2.21. The van der Waals surface area contributed by atoms with Gasteiger partial charge in [0.2, 0.25) is 0 Å². The summed E-state index contributed by atoms with van der Waals surface area (Å²) < 4.78 is 1.97. The van der Waals surface area contributed by atoms with E-state index in [0.29, 0.717) is 5.92 Å². The number of aromatic nitrogens is 3. The van der Waals surface area contributed by atoms with Crippen LogP contribution in [0.25, 0.3) is 5.52 Å². The first kappa shape index (κ1) is 8.85. The Morgan fingerprint density at radius 3 is 3.07 bits per heavy atom. The van der Waals surface area contributed by atoms with Crippen LogP contribution in [0.1, 0.15) is 24.6 Å². The van der Waals surface area contributed by atoms with E-state index in [1.807, 2.05) is 29.0 Å². The van der Waals surface area contributed by atoms with Crippen molar-refractivity contribution in [2.24, 2.45) is 0 Å². The predicted octanol–water partition coefficient (Wildman–Crippen LogP) is 1.20. The standard InChI is InChI=1S/C11H14N4/c1-2-10-8-13-11(15(10)14-5-1)9-3-6-12-7-4-9/h1-2,5,8-9,12H,3-4,6-7H2. The third-order valence-electron chi connectivity index (χ3n) is 3.03. The van der Waals surface area contributed by atoms with E-state index in [1.165, 1.54) is 0 Å². The van der Waals surface area contributed by atoms with Crippen molar-refractivity contribution in [1.82, 2.24) is 19.9 Å². The number of hydrogen-bond donors (Lipinski definition) is 1. The summed E-state index contributed by atoms with van der Waals surface area (Å²) in [5, 5.41) is 7.72. The van der Waals surface area contributed by atoms with Crippen molar-refractivity contribution in [3.05, 3.63) is 30.4 Å². The quantitative estimate of drug-likeness (QED) is 0.755. The molecule has 0 amide bonds. The molecule has 0 unspecified atom stereocenters. The zero-order valence-electron chi connectivity index (χ0n) is 8.56. The summed E-state index contributed by atoms with van der Waals surface area (Å²) in [6.07, 6.45) is 6.05. The first-order valence-corrected chi connectivity index (χ1v) is 5.44. The van der Waals surface area contributed by atoms with Crippen molar-refractivity contribution in [2.45, 2.75) is 18.8 Å². The van der Waals surface area contributed by atoms with E-state index in [4.69, 9.17) is 0 Å². The maximum atomic E-state index is 4.49. The molecule has 3 rings (SSSR count). The van der Waals surface area contributed by atoms with Gasteiger partial charge in [0.15, 0.2) is 0 Å². The second-order valence-corrected chi connectivity index (χ2v) is 4.00. The molecule has 0 aromatic carbocycles. The Balaban J connectivity index is 2.02. The lowest BCUT2D eigenvalue weighted by molar-refractivity contribution is 0.440. The molecule has 1 saturated heterocycles. The zero-order valence-corrected chi connectivity index (χ0v) is 8.56. The first-order valence-electron chi connectivity index (χ1n) is 5.44. The molecule has 0 radical (unpaired) electrons. The van der Waals surface area contributed by atoms with Gasteiger partial charge in [0.05, 0.1) is 11.7 Å². The monoisotopic (exact) mass is 202 g/mol. The van der Waals surface area contributed by atoms with Crippen molar-refractivity contribution in [1.29, 1.82) is 0 Å². The highest BCUT2D eigenvalue weighted by Gasteiger charge is 2.19. The number of imidazole rings is 1. The molecule has 4 heteroatoms. The third kappa shape index (κ3) is 1.51. The topological polar surface area (TPSA) is 42.2 Å². The number of rotatable bonds is 1. The molecule has 0 bridgehead atoms. The molecule has 1 aliphatic rings. The molecule has 4 nitrogen and oxygen atoms in total. The van der Waals surface area contributed by atoms with Crippen molar-refractivity contribution in [3.8, 4) is 0 Å². The van der Waals surface area contributed by atoms with E-state index in [1.54, 1.807) is 0 Å². The van der Waals surface area contributed by atoms with Crippen LogP contribution in [0.15, 0.2) is 24.5 Å². The smallest absolute Gasteiger partial charge is 0.133 e. The zero-order chi connectivity index (χ0) is 10.1. The molecular formula is C11H14N4. The summed E-state index contributed by atoms with van der Waals surface area (Å²) in [5.41, 5.74) is 1.09. The largest absolute Gasteiger partial charge is 0.317 e. The maximum Gasteiger partial charge on any atom is 0.133 e. The van der Waals surface area contributed by atoms with E-state index >= 15 is 0 Å². The fourth-order valence-electron chi connectivity index (χ4n) is 2.22. The average Bonchev–Trinajstić information content (AvgIpc) is 2.74. The summed E-state index contributed by atoms with van der Waals surface area (Å²) in [4.78, 5) is 4.49. The van der Waals surface area contributed by atoms with E-state index in [0.717, 1.165) is 37.3 Å². The van der Waals surface area contributed by atoms with E-state index in [2.05, 4.69) is 15.4 Å². The van der Waals surface area contributed by atoms with Crippen molar-refractivity contribution in [2.75, 3.05) is 13.1 Å². The summed E-state index contributed by atoms with van der Waals surface area (Å²) in [6.45, 7) is 2.18. The van der Waals surface area contributed by atoms with Crippen molar-refractivity contribution in [3.63, 3.8) is 0 Å². The number of piperidine rings is 1. The molecule has 1 aliphatic heterocycles. The van der Waals surface area contributed by atoms with Crippen LogP contribution in [0.3, 0.4) is 0 Å². The van der Waals surface area contributed by atoms with E-state index in [9.17, 15) is 0 Å². The van der Waals surface area contributed by atoms with Gasteiger partial charge in [-0.05, 0) is 38.1 Å². The fraction of sp³-hybridized carbons (Fsp3) is 0.455. The van der Waals surface area contributed by atoms with Crippen LogP contribution in [-0.4, -0.2) is 27.7 Å². The van der Waals surface area contributed by atoms with E-state index in [-0.39, 0.29) is 0 Å². The summed E-state index contributed by atoms with van der Waals surface area (Å²) in [6, 6.07) is 3.99. The minimum absolute atomic E-state index is 0.559. The minimum atomic E-state index is 0.559. The van der Waals surface area contributed by atoms with Crippen LogP contribution >= 0.6 is 0 Å². The van der Waals surface area contributed by atoms with Crippen LogP contribution < -0.4 is 5.32 Å². The molecule has 15 heavy (non-hydrogen) atoms. The van der Waals surface area contributed by atoms with Crippen LogP contribution in [0.2, 0.25) is 0 Å². The van der Waals surface area contributed by atoms with Crippen molar-refractivity contribution < 1.29 is 0 Å². The Morgan fingerprint density at radius 2 is 2.20 bits per heavy atom. The Kier molecular flexibility index (Phi) is 2.14. The van der Waals surface area contributed by atoms with Gasteiger partial charge in [0.1, 0.15) is 5.82 Å². The Bertz CT molecular complexity index is 456. The molecule has 3 heterocycles. The third-order valence-corrected chi connectivity index (χ3v) is 3.03. The fourth-order valence-corrected chi connectivity index (χ4v) is 2.22. The number of fused-ring (bicyclic) bond motifs is 1. The van der Waals surface area contributed by atoms with E-state index < -0.39 is 0 Å². The van der Waals surface area contributed by atoms with Gasteiger partial charge in [-0.15, -0.1) is 0 Å². The minimum Gasteiger partial charge on any atom is -0.317 e. The van der Waals surface area contributed by atoms with Crippen LogP contribution in [0.4, 0.5) is 0 Å². The molecule has 0 saturated carbocycles. The van der Waals surface area contributed by atoms with Gasteiger partial charge in [-0.25, -0.2) is 9.50 Å². The molecule has 2 aromatic rings. The van der Waals surface area contributed by atoms with Gasteiger partial charge >= 0.3 is 0 Å². The van der Waals surface area contributed by atoms with Crippen LogP contribution in [-0.2, 0) is 0 Å². The summed E-state index contributed by atoms with van der Waals surface area (Å²) in [5.74, 6) is 1.68. The Labute approximate surface area is 88.3 Å². The average molecular weight is 202 g/mol. The maximum absolute atomic E-state index is 4.49. The predicted molar refractivity (Wildman–Crippen MR) is 57.8 cm³/mol. The molecule has 1 fully saturated rings. The second kappa shape index (κ2) is 3.62. The molecule has 0 atom stereocenters. The van der Waals surface area contributed by atoms with Gasteiger partial charge in [0.25, 0.3) is 0 Å². The molecule has 0 aliphatic carbocycles. The first-order chi connectivity index (χ1) is 7.45. The van der Waals surface area contributed by atoms with Crippen molar-refractivity contribution >= 4 is 5.52 Å². The molecule has 1 N–H and O–H groups in total. The van der Waals surface area contributed by atoms with Crippen LogP contribution in [0.5, 0.6) is 0 Å². The highest BCUT2D eigenvalue weighted by molar-refractivity contribution is 5.44. The molecular weight excluding hydrogens is 188 g/mol. The number of nitrogens with one attached hydrogen (secondary N) is 1. The SMILES string of the molecule is c1cnn2c(C3CCNCC3)ncc2c1. The Hall–Kier alpha value is -1.42. The normalized spacial score (nSPS) is 18.4. The van der Waals surface area contributed by atoms with Gasteiger partial charge in [-0.2, -0.15) is 5.10 Å². The number of hydrogen-bond acceptors (Lipinski definition) is 3. The summed E-state index contributed by atoms with van der Waals surface area (Å²) >= 11 is 0. The van der Waals surface area contributed by atoms with Gasteiger partial charge in [0, 0.05) is 12.1 Å². The highest BCUT2D eigenvalue weighted by atomic mass is 15.3. The highest BCUT2D eigenvalue weighted by Crippen LogP contribution is 2.23. The summed E-state index contributed by atoms with van der Waals surface area (Å²) in [7, 11) is 0. The van der Waals surface area contributed by atoms with Gasteiger partial charge in [-0.3, -0.25) is 0 Å². The molecule has 78 valence electrons. The van der Waals surface area contributed by atoms with Gasteiger partial charge in [-0.1, -0.05) is 0 Å². The molecule has 2 aromatic heterocycles. The lowest BCUT2D eigenvalue weighted by Crippen LogP contribution is -2.27. The Morgan fingerprint density at radius 1 is 1.33 bits per heavy atom. The second-order valence-electron chi connectivity index (χ2n) is 4.00. The van der Waals surface area contributed by atoms with Gasteiger partial charge < -0.3 is 5.32 Å². The number of nitrogens with zero attached hydrogens (tertiary/aromatic N) is 3.